The number of hydrogen-bond donors (Lipinski definition) is 3. The number of carbonyl (C=O) groups excluding carboxylic acids is 2. The van der Waals surface area contributed by atoms with Gasteiger partial charge in [-0.3, -0.25) is 19.7 Å². The first-order chi connectivity index (χ1) is 12.3. The minimum absolute atomic E-state index is 0.0226. The average molecular weight is 356 g/mol. The number of anilines is 1. The number of phenolic OH excluding ortho intramolecular Hbond substituents is 1. The third-order valence-corrected chi connectivity index (χ3v) is 3.44. The van der Waals surface area contributed by atoms with Crippen LogP contribution in [0.2, 0.25) is 0 Å². The van der Waals surface area contributed by atoms with E-state index < -0.39 is 16.7 Å². The van der Waals surface area contributed by atoms with Crippen LogP contribution in [0.15, 0.2) is 41.5 Å². The van der Waals surface area contributed by atoms with Gasteiger partial charge in [-0.05, 0) is 37.1 Å². The highest BCUT2D eigenvalue weighted by molar-refractivity contribution is 6.39. The second-order valence-electron chi connectivity index (χ2n) is 5.47. The van der Waals surface area contributed by atoms with E-state index >= 15 is 0 Å². The van der Waals surface area contributed by atoms with Crippen LogP contribution in [0.1, 0.15) is 16.7 Å². The number of benzene rings is 2. The number of carbonyl (C=O) groups is 2. The number of nitrogens with zero attached hydrogens (tertiary/aromatic N) is 2. The number of hydrazone groups is 1. The topological polar surface area (TPSA) is 134 Å². The first kappa shape index (κ1) is 18.6. The van der Waals surface area contributed by atoms with Gasteiger partial charge >= 0.3 is 11.8 Å². The normalized spacial score (nSPS) is 10.5. The van der Waals surface area contributed by atoms with Crippen LogP contribution < -0.4 is 10.7 Å². The molecule has 0 aliphatic heterocycles. The molecule has 0 aromatic heterocycles. The summed E-state index contributed by atoms with van der Waals surface area (Å²) in [5.74, 6) is -2.19. The van der Waals surface area contributed by atoms with Crippen LogP contribution in [0.25, 0.3) is 0 Å². The van der Waals surface area contributed by atoms with Crippen molar-refractivity contribution in [2.24, 2.45) is 5.10 Å². The van der Waals surface area contributed by atoms with Gasteiger partial charge in [-0.1, -0.05) is 12.1 Å². The number of rotatable bonds is 4. The fourth-order valence-electron chi connectivity index (χ4n) is 2.02. The van der Waals surface area contributed by atoms with Crippen molar-refractivity contribution in [1.29, 1.82) is 0 Å². The van der Waals surface area contributed by atoms with Crippen molar-refractivity contribution >= 4 is 29.4 Å². The molecule has 2 aromatic carbocycles. The van der Waals surface area contributed by atoms with Crippen molar-refractivity contribution in [1.82, 2.24) is 5.43 Å². The SMILES string of the molecule is Cc1ccc(C)c(NC(=O)C(=O)N/N=C/c2cc([N+](=O)[O-])ccc2O)c1. The molecule has 2 rings (SSSR count). The molecular weight excluding hydrogens is 340 g/mol. The van der Waals surface area contributed by atoms with E-state index in [1.807, 2.05) is 24.5 Å². The molecule has 9 nitrogen and oxygen atoms in total. The summed E-state index contributed by atoms with van der Waals surface area (Å²) in [5, 5.41) is 26.4. The first-order valence-electron chi connectivity index (χ1n) is 7.47. The average Bonchev–Trinajstić information content (AvgIpc) is 2.59. The van der Waals surface area contributed by atoms with Crippen molar-refractivity contribution in [3.63, 3.8) is 0 Å². The smallest absolute Gasteiger partial charge is 0.329 e. The number of hydrogen-bond acceptors (Lipinski definition) is 6. The summed E-state index contributed by atoms with van der Waals surface area (Å²) < 4.78 is 0. The molecule has 0 heterocycles. The van der Waals surface area contributed by atoms with E-state index in [1.165, 1.54) is 0 Å². The molecule has 0 atom stereocenters. The largest absolute Gasteiger partial charge is 0.507 e. The molecule has 0 spiro atoms. The number of aromatic hydroxyl groups is 1. The number of non-ortho nitro benzene ring substituents is 1. The fourth-order valence-corrected chi connectivity index (χ4v) is 2.02. The van der Waals surface area contributed by atoms with E-state index in [2.05, 4.69) is 10.4 Å². The highest BCUT2D eigenvalue weighted by atomic mass is 16.6. The Labute approximate surface area is 148 Å². The minimum atomic E-state index is -1.02. The maximum atomic E-state index is 11.9. The number of nitro groups is 1. The Balaban J connectivity index is 2.03. The molecule has 0 unspecified atom stereocenters. The van der Waals surface area contributed by atoms with Gasteiger partial charge in [0.15, 0.2) is 0 Å². The van der Waals surface area contributed by atoms with Gasteiger partial charge in [-0.2, -0.15) is 5.10 Å². The van der Waals surface area contributed by atoms with Gasteiger partial charge in [0, 0.05) is 23.4 Å². The van der Waals surface area contributed by atoms with E-state index in [0.29, 0.717) is 5.69 Å². The summed E-state index contributed by atoms with van der Waals surface area (Å²) in [5.41, 5.74) is 3.99. The number of nitrogens with one attached hydrogen (secondary N) is 2. The van der Waals surface area contributed by atoms with Crippen LogP contribution in [0.4, 0.5) is 11.4 Å². The Morgan fingerprint density at radius 1 is 1.15 bits per heavy atom. The fraction of sp³-hybridized carbons (Fsp3) is 0.118. The Bertz CT molecular complexity index is 908. The van der Waals surface area contributed by atoms with Crippen LogP contribution in [0, 0.1) is 24.0 Å². The second kappa shape index (κ2) is 7.88. The summed E-state index contributed by atoms with van der Waals surface area (Å²) in [6.45, 7) is 3.64. The summed E-state index contributed by atoms with van der Waals surface area (Å²) in [7, 11) is 0. The molecule has 3 N–H and O–H groups in total. The molecule has 26 heavy (non-hydrogen) atoms. The van der Waals surface area contributed by atoms with Crippen LogP contribution in [-0.2, 0) is 9.59 Å². The zero-order chi connectivity index (χ0) is 19.3. The summed E-state index contributed by atoms with van der Waals surface area (Å²) in [4.78, 5) is 33.8. The first-order valence-corrected chi connectivity index (χ1v) is 7.47. The van der Waals surface area contributed by atoms with Crippen molar-refractivity contribution in [2.75, 3.05) is 5.32 Å². The quantitative estimate of drug-likeness (QED) is 0.333. The Morgan fingerprint density at radius 2 is 1.88 bits per heavy atom. The summed E-state index contributed by atoms with van der Waals surface area (Å²) in [6.07, 6.45) is 1.01. The van der Waals surface area contributed by atoms with Crippen LogP contribution >= 0.6 is 0 Å². The Kier molecular flexibility index (Phi) is 5.63. The van der Waals surface area contributed by atoms with Crippen molar-refractivity contribution in [3.05, 3.63) is 63.2 Å². The molecular formula is C17H16N4O5. The maximum absolute atomic E-state index is 11.9. The third-order valence-electron chi connectivity index (χ3n) is 3.44. The summed E-state index contributed by atoms with van der Waals surface area (Å²) in [6, 6.07) is 8.76. The molecule has 0 bridgehead atoms. The van der Waals surface area contributed by atoms with E-state index in [4.69, 9.17) is 0 Å². The molecule has 0 aliphatic rings. The second-order valence-corrected chi connectivity index (χ2v) is 5.47. The van der Waals surface area contributed by atoms with Gasteiger partial charge < -0.3 is 10.4 Å². The summed E-state index contributed by atoms with van der Waals surface area (Å²) >= 11 is 0. The zero-order valence-electron chi connectivity index (χ0n) is 14.0. The Morgan fingerprint density at radius 3 is 2.58 bits per heavy atom. The monoisotopic (exact) mass is 356 g/mol. The predicted octanol–water partition coefficient (Wildman–Crippen LogP) is 2.01. The molecule has 9 heteroatoms. The number of amides is 2. The maximum Gasteiger partial charge on any atom is 0.329 e. The van der Waals surface area contributed by atoms with Crippen molar-refractivity contribution in [2.45, 2.75) is 13.8 Å². The van der Waals surface area contributed by atoms with Gasteiger partial charge in [-0.15, -0.1) is 0 Å². The predicted molar refractivity (Wildman–Crippen MR) is 95.0 cm³/mol. The van der Waals surface area contributed by atoms with E-state index in [-0.39, 0.29) is 17.0 Å². The highest BCUT2D eigenvalue weighted by Crippen LogP contribution is 2.21. The molecule has 0 fully saturated rings. The molecule has 134 valence electrons. The molecule has 2 amide bonds. The molecule has 0 saturated carbocycles. The van der Waals surface area contributed by atoms with Gasteiger partial charge in [0.1, 0.15) is 5.75 Å². The minimum Gasteiger partial charge on any atom is -0.507 e. The lowest BCUT2D eigenvalue weighted by Gasteiger charge is -2.08. The van der Waals surface area contributed by atoms with Crippen LogP contribution in [0.5, 0.6) is 5.75 Å². The lowest BCUT2D eigenvalue weighted by atomic mass is 10.1. The number of phenols is 1. The molecule has 0 radical (unpaired) electrons. The van der Waals surface area contributed by atoms with E-state index in [0.717, 1.165) is 35.5 Å². The van der Waals surface area contributed by atoms with Crippen molar-refractivity contribution in [3.8, 4) is 5.75 Å². The van der Waals surface area contributed by atoms with Gasteiger partial charge in [0.25, 0.3) is 5.69 Å². The Hall–Kier alpha value is -3.75. The van der Waals surface area contributed by atoms with Gasteiger partial charge in [0.2, 0.25) is 0 Å². The zero-order valence-corrected chi connectivity index (χ0v) is 14.0. The molecule has 0 saturated heterocycles. The standard InChI is InChI=1S/C17H16N4O5/c1-10-3-4-11(2)14(7-10)19-16(23)17(24)20-18-9-12-8-13(21(25)26)5-6-15(12)22/h3-9,22H,1-2H3,(H,19,23)(H,20,24)/b18-9+. The van der Waals surface area contributed by atoms with Crippen LogP contribution in [0.3, 0.4) is 0 Å². The van der Waals surface area contributed by atoms with Crippen LogP contribution in [-0.4, -0.2) is 28.1 Å². The molecule has 0 aliphatic carbocycles. The van der Waals surface area contributed by atoms with Gasteiger partial charge in [0.05, 0.1) is 11.1 Å². The van der Waals surface area contributed by atoms with Crippen molar-refractivity contribution < 1.29 is 19.6 Å². The number of nitro benzene ring substituents is 1. The lowest BCUT2D eigenvalue weighted by molar-refractivity contribution is -0.384. The van der Waals surface area contributed by atoms with E-state index in [1.54, 1.807) is 13.0 Å². The lowest BCUT2D eigenvalue weighted by Crippen LogP contribution is -2.32. The van der Waals surface area contributed by atoms with Gasteiger partial charge in [-0.25, -0.2) is 5.43 Å². The highest BCUT2D eigenvalue weighted by Gasteiger charge is 2.14. The third kappa shape index (κ3) is 4.63. The molecule has 2 aromatic rings. The number of aryl methyl sites for hydroxylation is 2. The van der Waals surface area contributed by atoms with E-state index in [9.17, 15) is 24.8 Å².